The molecule has 1 heterocycles. The molecule has 1 aromatic carbocycles. The van der Waals surface area contributed by atoms with Gasteiger partial charge in [0.1, 0.15) is 5.78 Å². The summed E-state index contributed by atoms with van der Waals surface area (Å²) in [4.78, 5) is 14.2. The summed E-state index contributed by atoms with van der Waals surface area (Å²) in [6.45, 7) is 7.96. The molecule has 0 amide bonds. The topological polar surface area (TPSA) is 20.3 Å². The zero-order chi connectivity index (χ0) is 12.4. The van der Waals surface area contributed by atoms with E-state index in [1.807, 2.05) is 6.07 Å². The van der Waals surface area contributed by atoms with E-state index in [-0.39, 0.29) is 5.92 Å². The molecule has 1 fully saturated rings. The Morgan fingerprint density at radius 1 is 1.18 bits per heavy atom. The number of hydrogen-bond donors (Lipinski definition) is 0. The maximum Gasteiger partial charge on any atom is 0.149 e. The van der Waals surface area contributed by atoms with Crippen LogP contribution in [0.3, 0.4) is 0 Å². The molecular weight excluding hydrogens is 210 g/mol. The summed E-state index contributed by atoms with van der Waals surface area (Å²) in [7, 11) is 0. The van der Waals surface area contributed by atoms with Crippen molar-refractivity contribution in [3.8, 4) is 0 Å². The summed E-state index contributed by atoms with van der Waals surface area (Å²) in [6, 6.07) is 10.9. The molecule has 1 aliphatic heterocycles. The summed E-state index contributed by atoms with van der Waals surface area (Å²) >= 11 is 0. The highest BCUT2D eigenvalue weighted by Crippen LogP contribution is 2.27. The summed E-state index contributed by atoms with van der Waals surface area (Å²) in [5.74, 6) is 1.03. The third kappa shape index (κ3) is 2.58. The van der Waals surface area contributed by atoms with Gasteiger partial charge in [-0.05, 0) is 18.4 Å². The van der Waals surface area contributed by atoms with E-state index < -0.39 is 0 Å². The van der Waals surface area contributed by atoms with Crippen molar-refractivity contribution in [3.63, 3.8) is 0 Å². The molecule has 0 aromatic heterocycles. The van der Waals surface area contributed by atoms with Crippen molar-refractivity contribution in [1.29, 1.82) is 0 Å². The van der Waals surface area contributed by atoms with Gasteiger partial charge >= 0.3 is 0 Å². The second kappa shape index (κ2) is 5.01. The van der Waals surface area contributed by atoms with Crippen molar-refractivity contribution in [2.24, 2.45) is 11.8 Å². The Kier molecular flexibility index (Phi) is 3.63. The number of hydrogen-bond acceptors (Lipinski definition) is 2. The molecule has 1 saturated heterocycles. The fraction of sp³-hybridized carbons (Fsp3) is 0.533. The van der Waals surface area contributed by atoms with Crippen LogP contribution in [0.4, 0.5) is 0 Å². The maximum atomic E-state index is 11.9. The van der Waals surface area contributed by atoms with E-state index in [1.54, 1.807) is 0 Å². The number of Topliss-reactive ketones (excluding diaryl/α,β-unsaturated/α-hetero) is 1. The number of carbonyl (C=O) groups is 1. The van der Waals surface area contributed by atoms with Gasteiger partial charge in [-0.1, -0.05) is 44.2 Å². The lowest BCUT2D eigenvalue weighted by Gasteiger charge is -2.40. The van der Waals surface area contributed by atoms with Crippen molar-refractivity contribution >= 4 is 5.78 Å². The van der Waals surface area contributed by atoms with Crippen LogP contribution in [0.2, 0.25) is 0 Å². The normalized spacial score (nSPS) is 30.5. The van der Waals surface area contributed by atoms with Gasteiger partial charge in [-0.3, -0.25) is 9.69 Å². The molecule has 1 aliphatic rings. The zero-order valence-corrected chi connectivity index (χ0v) is 10.9. The molecule has 2 nitrogen and oxygen atoms in total. The van der Waals surface area contributed by atoms with E-state index in [4.69, 9.17) is 0 Å². The first kappa shape index (κ1) is 12.3. The van der Waals surface area contributed by atoms with Crippen LogP contribution in [-0.4, -0.2) is 23.3 Å². The van der Waals surface area contributed by atoms with Gasteiger partial charge < -0.3 is 0 Å². The highest BCUT2D eigenvalue weighted by atomic mass is 16.1. The van der Waals surface area contributed by atoms with Gasteiger partial charge in [-0.25, -0.2) is 0 Å². The zero-order valence-electron chi connectivity index (χ0n) is 10.9. The van der Waals surface area contributed by atoms with Crippen LogP contribution in [0.1, 0.15) is 26.3 Å². The van der Waals surface area contributed by atoms with E-state index in [0.29, 0.717) is 24.3 Å². The number of ketones is 1. The van der Waals surface area contributed by atoms with Crippen LogP contribution in [0.25, 0.3) is 0 Å². The van der Waals surface area contributed by atoms with Crippen molar-refractivity contribution in [1.82, 2.24) is 4.90 Å². The van der Waals surface area contributed by atoms with Gasteiger partial charge in [0.2, 0.25) is 0 Å². The number of benzene rings is 1. The summed E-state index contributed by atoms with van der Waals surface area (Å²) in [5, 5.41) is 0. The predicted molar refractivity (Wildman–Crippen MR) is 69.6 cm³/mol. The van der Waals surface area contributed by atoms with E-state index >= 15 is 0 Å². The van der Waals surface area contributed by atoms with Crippen LogP contribution in [0, 0.1) is 11.8 Å². The predicted octanol–water partition coefficient (Wildman–Crippen LogP) is 2.73. The average molecular weight is 231 g/mol. The maximum absolute atomic E-state index is 11.9. The van der Waals surface area contributed by atoms with Gasteiger partial charge in [-0.15, -0.1) is 0 Å². The third-order valence-electron chi connectivity index (χ3n) is 4.22. The average Bonchev–Trinajstić information content (AvgIpc) is 2.35. The standard InChI is InChI=1S/C15H21NO/c1-11-12(2)15(17)10-16(13(11)3)9-14-7-5-4-6-8-14/h4-8,11-13H,9-10H2,1-3H3/t11-,12+,13-/m1/s1. The monoisotopic (exact) mass is 231 g/mol. The molecule has 17 heavy (non-hydrogen) atoms. The minimum absolute atomic E-state index is 0.206. The smallest absolute Gasteiger partial charge is 0.149 e. The molecule has 0 spiro atoms. The van der Waals surface area contributed by atoms with Gasteiger partial charge in [0.15, 0.2) is 0 Å². The van der Waals surface area contributed by atoms with Crippen LogP contribution in [-0.2, 0) is 11.3 Å². The molecule has 0 bridgehead atoms. The Bertz CT molecular complexity index is 387. The third-order valence-corrected chi connectivity index (χ3v) is 4.22. The molecule has 0 saturated carbocycles. The second-order valence-corrected chi connectivity index (χ2v) is 5.25. The van der Waals surface area contributed by atoms with Gasteiger partial charge in [0.25, 0.3) is 0 Å². The molecule has 0 aliphatic carbocycles. The lowest BCUT2D eigenvalue weighted by molar-refractivity contribution is -0.131. The molecule has 0 radical (unpaired) electrons. The molecule has 2 rings (SSSR count). The number of piperidine rings is 1. The number of rotatable bonds is 2. The first-order valence-corrected chi connectivity index (χ1v) is 6.40. The van der Waals surface area contributed by atoms with Crippen molar-refractivity contribution < 1.29 is 4.79 Å². The lowest BCUT2D eigenvalue weighted by atomic mass is 9.82. The second-order valence-electron chi connectivity index (χ2n) is 5.25. The van der Waals surface area contributed by atoms with E-state index in [9.17, 15) is 4.79 Å². The number of carbonyl (C=O) groups excluding carboxylic acids is 1. The van der Waals surface area contributed by atoms with Crippen LogP contribution < -0.4 is 0 Å². The number of nitrogens with zero attached hydrogens (tertiary/aromatic N) is 1. The molecule has 0 N–H and O–H groups in total. The SMILES string of the molecule is C[C@@H]1[C@H](C)C(=O)CN(Cc2ccccc2)[C@@H]1C. The summed E-state index contributed by atoms with van der Waals surface area (Å²) < 4.78 is 0. The Balaban J connectivity index is 2.09. The first-order valence-electron chi connectivity index (χ1n) is 6.40. The minimum atomic E-state index is 0.206. The molecular formula is C15H21NO. The van der Waals surface area contributed by atoms with Crippen molar-refractivity contribution in [3.05, 3.63) is 35.9 Å². The quantitative estimate of drug-likeness (QED) is 0.780. The van der Waals surface area contributed by atoms with Crippen molar-refractivity contribution in [2.75, 3.05) is 6.54 Å². The van der Waals surface area contributed by atoms with Gasteiger partial charge in [0, 0.05) is 18.5 Å². The fourth-order valence-electron chi connectivity index (χ4n) is 2.55. The highest BCUT2D eigenvalue weighted by molar-refractivity contribution is 5.83. The van der Waals surface area contributed by atoms with Gasteiger partial charge in [0.05, 0.1) is 6.54 Å². The highest BCUT2D eigenvalue weighted by Gasteiger charge is 2.35. The van der Waals surface area contributed by atoms with Gasteiger partial charge in [-0.2, -0.15) is 0 Å². The Morgan fingerprint density at radius 2 is 1.82 bits per heavy atom. The minimum Gasteiger partial charge on any atom is -0.298 e. The number of likely N-dealkylation sites (tertiary alicyclic amines) is 1. The largest absolute Gasteiger partial charge is 0.298 e. The molecule has 3 atom stereocenters. The summed E-state index contributed by atoms with van der Waals surface area (Å²) in [5.41, 5.74) is 1.29. The molecule has 0 unspecified atom stereocenters. The van der Waals surface area contributed by atoms with Crippen molar-refractivity contribution in [2.45, 2.75) is 33.4 Å². The van der Waals surface area contributed by atoms with Crippen LogP contribution in [0.5, 0.6) is 0 Å². The molecule has 2 heteroatoms. The Hall–Kier alpha value is -1.15. The van der Waals surface area contributed by atoms with Crippen LogP contribution >= 0.6 is 0 Å². The summed E-state index contributed by atoms with van der Waals surface area (Å²) in [6.07, 6.45) is 0. The molecule has 1 aromatic rings. The fourth-order valence-corrected chi connectivity index (χ4v) is 2.55. The Morgan fingerprint density at radius 3 is 2.47 bits per heavy atom. The lowest BCUT2D eigenvalue weighted by Crippen LogP contribution is -2.50. The van der Waals surface area contributed by atoms with Crippen LogP contribution in [0.15, 0.2) is 30.3 Å². The van der Waals surface area contributed by atoms with E-state index in [2.05, 4.69) is 49.9 Å². The van der Waals surface area contributed by atoms with E-state index in [1.165, 1.54) is 5.56 Å². The van der Waals surface area contributed by atoms with E-state index in [0.717, 1.165) is 6.54 Å². The first-order chi connectivity index (χ1) is 8.09. The molecule has 92 valence electrons. The Labute approximate surface area is 104 Å².